The van der Waals surface area contributed by atoms with Crippen molar-refractivity contribution < 1.29 is 18.4 Å². The highest BCUT2D eigenvalue weighted by atomic mass is 32.1. The molecule has 0 radical (unpaired) electrons. The van der Waals surface area contributed by atoms with Crippen LogP contribution in [0.15, 0.2) is 34.3 Å². The van der Waals surface area contributed by atoms with E-state index in [2.05, 4.69) is 20.9 Å². The third-order valence-electron chi connectivity index (χ3n) is 4.57. The van der Waals surface area contributed by atoms with E-state index in [1.165, 1.54) is 30.7 Å². The molecule has 0 atom stereocenters. The Morgan fingerprint density at radius 3 is 2.67 bits per heavy atom. The van der Waals surface area contributed by atoms with Gasteiger partial charge in [0.1, 0.15) is 11.4 Å². The van der Waals surface area contributed by atoms with Gasteiger partial charge in [0, 0.05) is 30.6 Å². The molecule has 2 heterocycles. The third kappa shape index (κ3) is 4.51. The maximum absolute atomic E-state index is 14.3. The number of furan rings is 1. The second kappa shape index (κ2) is 9.08. The maximum atomic E-state index is 14.3. The summed E-state index contributed by atoms with van der Waals surface area (Å²) in [4.78, 5) is 28.9. The standard InChI is InChI=1S/C21H23FN4O3S/c1-11(2)14-6-5-12(7-15(14)22)16-10-30-21(25-16)26-17(27)8-13-9-29-20(24-4)18(13)19(28)23-3/h5-7,9-11,24H,8H2,1-4H3,(H,23,28)(H,25,26,27). The highest BCUT2D eigenvalue weighted by molar-refractivity contribution is 7.14. The van der Waals surface area contributed by atoms with E-state index in [-0.39, 0.29) is 35.5 Å². The average Bonchev–Trinajstić information content (AvgIpc) is 3.33. The number of rotatable bonds is 7. The first kappa shape index (κ1) is 21.5. The zero-order valence-corrected chi connectivity index (χ0v) is 17.9. The van der Waals surface area contributed by atoms with E-state index in [9.17, 15) is 14.0 Å². The van der Waals surface area contributed by atoms with Crippen LogP contribution in [0.25, 0.3) is 11.3 Å². The Morgan fingerprint density at radius 2 is 2.03 bits per heavy atom. The summed E-state index contributed by atoms with van der Waals surface area (Å²) in [6.45, 7) is 3.87. The largest absolute Gasteiger partial charge is 0.448 e. The first-order valence-corrected chi connectivity index (χ1v) is 10.3. The second-order valence-corrected chi connectivity index (χ2v) is 7.81. The molecule has 3 N–H and O–H groups in total. The average molecular weight is 431 g/mol. The highest BCUT2D eigenvalue weighted by Gasteiger charge is 2.21. The van der Waals surface area contributed by atoms with Crippen molar-refractivity contribution in [2.75, 3.05) is 24.7 Å². The van der Waals surface area contributed by atoms with Crippen molar-refractivity contribution in [2.24, 2.45) is 0 Å². The summed E-state index contributed by atoms with van der Waals surface area (Å²) >= 11 is 1.24. The molecule has 0 aliphatic rings. The van der Waals surface area contributed by atoms with Crippen LogP contribution in [0.1, 0.15) is 41.3 Å². The van der Waals surface area contributed by atoms with Gasteiger partial charge in [-0.25, -0.2) is 9.37 Å². The van der Waals surface area contributed by atoms with E-state index in [0.717, 1.165) is 0 Å². The monoisotopic (exact) mass is 430 g/mol. The van der Waals surface area contributed by atoms with Gasteiger partial charge >= 0.3 is 0 Å². The van der Waals surface area contributed by atoms with E-state index in [1.807, 2.05) is 19.9 Å². The number of nitrogens with one attached hydrogen (secondary N) is 3. The molecule has 158 valence electrons. The molecule has 0 bridgehead atoms. The number of anilines is 2. The summed E-state index contributed by atoms with van der Waals surface area (Å²) in [6, 6.07) is 5.03. The Kier molecular flexibility index (Phi) is 6.51. The molecule has 0 aliphatic heterocycles. The molecule has 0 saturated heterocycles. The minimum absolute atomic E-state index is 0.0550. The van der Waals surface area contributed by atoms with Crippen molar-refractivity contribution in [1.82, 2.24) is 10.3 Å². The number of nitrogens with zero attached hydrogens (tertiary/aromatic N) is 1. The third-order valence-corrected chi connectivity index (χ3v) is 5.33. The topological polar surface area (TPSA) is 96.3 Å². The molecule has 0 fully saturated rings. The number of halogens is 1. The lowest BCUT2D eigenvalue weighted by Crippen LogP contribution is -2.22. The van der Waals surface area contributed by atoms with Crippen LogP contribution in [0.4, 0.5) is 15.4 Å². The van der Waals surface area contributed by atoms with E-state index in [1.54, 1.807) is 18.5 Å². The molecular weight excluding hydrogens is 407 g/mol. The molecule has 0 spiro atoms. The number of carbonyl (C=O) groups is 2. The van der Waals surface area contributed by atoms with Crippen LogP contribution in [0.3, 0.4) is 0 Å². The Morgan fingerprint density at radius 1 is 1.27 bits per heavy atom. The summed E-state index contributed by atoms with van der Waals surface area (Å²) < 4.78 is 19.6. The number of carbonyl (C=O) groups excluding carboxylic acids is 2. The lowest BCUT2D eigenvalue weighted by Gasteiger charge is -2.07. The number of aromatic nitrogens is 1. The fourth-order valence-electron chi connectivity index (χ4n) is 3.04. The van der Waals surface area contributed by atoms with E-state index < -0.39 is 0 Å². The van der Waals surface area contributed by atoms with Crippen LogP contribution in [-0.2, 0) is 11.2 Å². The maximum Gasteiger partial charge on any atom is 0.256 e. The molecule has 9 heteroatoms. The van der Waals surface area contributed by atoms with Gasteiger partial charge in [0.05, 0.1) is 18.4 Å². The summed E-state index contributed by atoms with van der Waals surface area (Å²) in [7, 11) is 3.13. The number of amides is 2. The Hall–Kier alpha value is -3.20. The lowest BCUT2D eigenvalue weighted by atomic mass is 10.0. The van der Waals surface area contributed by atoms with Crippen molar-refractivity contribution in [1.29, 1.82) is 0 Å². The first-order valence-electron chi connectivity index (χ1n) is 9.39. The predicted molar refractivity (Wildman–Crippen MR) is 116 cm³/mol. The fourth-order valence-corrected chi connectivity index (χ4v) is 3.77. The Bertz CT molecular complexity index is 1070. The van der Waals surface area contributed by atoms with Crippen molar-refractivity contribution >= 4 is 34.2 Å². The zero-order valence-electron chi connectivity index (χ0n) is 17.1. The molecule has 0 unspecified atom stereocenters. The molecule has 3 aromatic rings. The fraction of sp³-hybridized carbons (Fsp3) is 0.286. The number of benzene rings is 1. The lowest BCUT2D eigenvalue weighted by molar-refractivity contribution is -0.115. The molecule has 2 aromatic heterocycles. The molecule has 3 rings (SSSR count). The van der Waals surface area contributed by atoms with Gasteiger partial charge in [-0.05, 0) is 17.5 Å². The summed E-state index contributed by atoms with van der Waals surface area (Å²) in [5, 5.41) is 10.2. The van der Waals surface area contributed by atoms with E-state index in [0.29, 0.717) is 33.4 Å². The smallest absolute Gasteiger partial charge is 0.256 e. The Labute approximate surface area is 177 Å². The van der Waals surface area contributed by atoms with Crippen LogP contribution in [0.2, 0.25) is 0 Å². The second-order valence-electron chi connectivity index (χ2n) is 6.95. The highest BCUT2D eigenvalue weighted by Crippen LogP contribution is 2.29. The van der Waals surface area contributed by atoms with Gasteiger partial charge in [-0.2, -0.15) is 0 Å². The van der Waals surface area contributed by atoms with E-state index in [4.69, 9.17) is 4.42 Å². The van der Waals surface area contributed by atoms with Gasteiger partial charge in [-0.1, -0.05) is 26.0 Å². The SMILES string of the molecule is CNC(=O)c1c(CC(=O)Nc2nc(-c3ccc(C(C)C)c(F)c3)cs2)coc1NC. The normalized spacial score (nSPS) is 10.9. The molecule has 1 aromatic carbocycles. The first-order chi connectivity index (χ1) is 14.3. The minimum Gasteiger partial charge on any atom is -0.448 e. The molecule has 0 aliphatic carbocycles. The number of hydrogen-bond acceptors (Lipinski definition) is 6. The summed E-state index contributed by atoms with van der Waals surface area (Å²) in [6.07, 6.45) is 1.32. The number of thiazole rings is 1. The minimum atomic E-state index is -0.348. The number of hydrogen-bond donors (Lipinski definition) is 3. The molecule has 0 saturated carbocycles. The van der Waals surface area contributed by atoms with Crippen molar-refractivity contribution in [3.8, 4) is 11.3 Å². The van der Waals surface area contributed by atoms with Crippen LogP contribution in [-0.4, -0.2) is 30.9 Å². The Balaban J connectivity index is 1.73. The van der Waals surface area contributed by atoms with Crippen molar-refractivity contribution in [3.63, 3.8) is 0 Å². The van der Waals surface area contributed by atoms with E-state index >= 15 is 0 Å². The predicted octanol–water partition coefficient (Wildman–Crippen LogP) is 4.25. The molecule has 7 nitrogen and oxygen atoms in total. The van der Waals surface area contributed by atoms with Gasteiger partial charge in [-0.3, -0.25) is 9.59 Å². The molecular formula is C21H23FN4O3S. The van der Waals surface area contributed by atoms with Crippen LogP contribution in [0.5, 0.6) is 0 Å². The summed E-state index contributed by atoms with van der Waals surface area (Å²) in [5.41, 5.74) is 2.62. The van der Waals surface area contributed by atoms with Crippen molar-refractivity contribution in [3.05, 3.63) is 52.3 Å². The van der Waals surface area contributed by atoms with Gasteiger partial charge in [0.2, 0.25) is 11.8 Å². The quantitative estimate of drug-likeness (QED) is 0.521. The van der Waals surface area contributed by atoms with Crippen LogP contribution in [0, 0.1) is 5.82 Å². The van der Waals surface area contributed by atoms with Gasteiger partial charge in [0.15, 0.2) is 5.13 Å². The van der Waals surface area contributed by atoms with Gasteiger partial charge in [0.25, 0.3) is 5.91 Å². The molecule has 2 amide bonds. The van der Waals surface area contributed by atoms with Crippen molar-refractivity contribution in [2.45, 2.75) is 26.2 Å². The van der Waals surface area contributed by atoms with Crippen LogP contribution < -0.4 is 16.0 Å². The van der Waals surface area contributed by atoms with Gasteiger partial charge < -0.3 is 20.4 Å². The van der Waals surface area contributed by atoms with Crippen LogP contribution >= 0.6 is 11.3 Å². The van der Waals surface area contributed by atoms with Gasteiger partial charge in [-0.15, -0.1) is 11.3 Å². The summed E-state index contributed by atoms with van der Waals surface area (Å²) in [5.74, 6) is -0.579. The molecule has 30 heavy (non-hydrogen) atoms. The zero-order chi connectivity index (χ0) is 21.8.